The highest BCUT2D eigenvalue weighted by Gasteiger charge is 2.11. The molecule has 0 radical (unpaired) electrons. The van der Waals surface area contributed by atoms with Crippen LogP contribution in [0.25, 0.3) is 0 Å². The molecule has 0 aliphatic carbocycles. The highest BCUT2D eigenvalue weighted by molar-refractivity contribution is 8.67. The predicted molar refractivity (Wildman–Crippen MR) is 69.8 cm³/mol. The molecule has 0 spiro atoms. The van der Waals surface area contributed by atoms with E-state index < -0.39 is 13.5 Å². The average Bonchev–Trinajstić information content (AvgIpc) is 2.00. The van der Waals surface area contributed by atoms with Crippen LogP contribution in [0.4, 0.5) is 0 Å². The number of hydrogen-bond acceptors (Lipinski definition) is 4. The van der Waals surface area contributed by atoms with E-state index >= 15 is 0 Å². The minimum Gasteiger partial charge on any atom is -0.337 e. The van der Waals surface area contributed by atoms with Crippen LogP contribution >= 0.6 is 24.9 Å². The molecule has 0 heterocycles. The highest BCUT2D eigenvalue weighted by atomic mass is 32.9. The third-order valence-electron chi connectivity index (χ3n) is 1.04. The minimum absolute atomic E-state index is 0.507. The van der Waals surface area contributed by atoms with Gasteiger partial charge in [-0.3, -0.25) is 0 Å². The SMILES string of the molecule is CCCCSP(O)(=S)OCC.O=P(O)(O)O. The van der Waals surface area contributed by atoms with E-state index in [-0.39, 0.29) is 0 Å². The van der Waals surface area contributed by atoms with E-state index in [2.05, 4.69) is 6.92 Å². The second-order valence-electron chi connectivity index (χ2n) is 2.59. The zero-order valence-corrected chi connectivity index (χ0v) is 12.6. The molecule has 10 heteroatoms. The molecule has 100 valence electrons. The Hall–Kier alpha value is 1.03. The Morgan fingerprint density at radius 1 is 1.25 bits per heavy atom. The van der Waals surface area contributed by atoms with Crippen molar-refractivity contribution in [3.63, 3.8) is 0 Å². The van der Waals surface area contributed by atoms with Crippen LogP contribution in [0.1, 0.15) is 26.7 Å². The summed E-state index contributed by atoms with van der Waals surface area (Å²) in [6.45, 7) is 4.46. The number of hydrogen-bond donors (Lipinski definition) is 4. The molecule has 0 aromatic carbocycles. The summed E-state index contributed by atoms with van der Waals surface area (Å²) in [5.41, 5.74) is -2.47. The summed E-state index contributed by atoms with van der Waals surface area (Å²) in [5.74, 6) is 0.907. The molecule has 6 nitrogen and oxygen atoms in total. The smallest absolute Gasteiger partial charge is 0.337 e. The molecule has 0 rings (SSSR count). The van der Waals surface area contributed by atoms with E-state index in [4.69, 9.17) is 35.6 Å². The van der Waals surface area contributed by atoms with Gasteiger partial charge in [0.15, 0.2) is 0 Å². The maximum atomic E-state index is 9.41. The van der Waals surface area contributed by atoms with Crippen LogP contribution in [0.5, 0.6) is 0 Å². The first-order valence-corrected chi connectivity index (χ1v) is 10.4. The highest BCUT2D eigenvalue weighted by Crippen LogP contribution is 2.56. The molecule has 0 saturated heterocycles. The van der Waals surface area contributed by atoms with Crippen molar-refractivity contribution in [1.82, 2.24) is 0 Å². The fourth-order valence-corrected chi connectivity index (χ4v) is 4.18. The van der Waals surface area contributed by atoms with E-state index in [0.29, 0.717) is 6.61 Å². The third kappa shape index (κ3) is 24.3. The van der Waals surface area contributed by atoms with Gasteiger partial charge in [-0.05, 0) is 25.2 Å². The lowest BCUT2D eigenvalue weighted by molar-refractivity contribution is 0.275. The van der Waals surface area contributed by atoms with Crippen molar-refractivity contribution in [3.05, 3.63) is 0 Å². The third-order valence-corrected chi connectivity index (χ3v) is 5.53. The summed E-state index contributed by atoms with van der Waals surface area (Å²) in [6, 6.07) is 0. The Kier molecular flexibility index (Phi) is 12.1. The van der Waals surface area contributed by atoms with Crippen LogP contribution in [0, 0.1) is 0 Å². The largest absolute Gasteiger partial charge is 0.466 e. The van der Waals surface area contributed by atoms with Crippen LogP contribution in [0.2, 0.25) is 0 Å². The van der Waals surface area contributed by atoms with E-state index in [1.54, 1.807) is 0 Å². The number of rotatable bonds is 6. The Bertz CT molecular complexity index is 247. The lowest BCUT2D eigenvalue weighted by atomic mass is 10.4. The van der Waals surface area contributed by atoms with Gasteiger partial charge in [0.25, 0.3) is 0 Å². The average molecular weight is 312 g/mol. The summed E-state index contributed by atoms with van der Waals surface area (Å²) in [6.07, 6.45) is 2.23. The minimum atomic E-state index is -4.64. The van der Waals surface area contributed by atoms with Gasteiger partial charge >= 0.3 is 7.82 Å². The quantitative estimate of drug-likeness (QED) is 0.435. The second kappa shape index (κ2) is 10.00. The number of phosphoric acid groups is 1. The maximum absolute atomic E-state index is 9.41. The lowest BCUT2D eigenvalue weighted by Gasteiger charge is -2.12. The first-order chi connectivity index (χ1) is 7.12. The molecule has 0 aliphatic heterocycles. The zero-order chi connectivity index (χ0) is 13.2. The number of unbranched alkanes of at least 4 members (excludes halogenated alkanes) is 1. The lowest BCUT2D eigenvalue weighted by Crippen LogP contribution is -1.85. The molecule has 1 unspecified atom stereocenters. The van der Waals surface area contributed by atoms with Gasteiger partial charge in [0.2, 0.25) is 5.69 Å². The van der Waals surface area contributed by atoms with Crippen LogP contribution in [-0.2, 0) is 20.9 Å². The van der Waals surface area contributed by atoms with Gasteiger partial charge in [-0.1, -0.05) is 24.7 Å². The molecule has 4 N–H and O–H groups in total. The molecule has 0 amide bonds. The first kappa shape index (κ1) is 19.4. The molecule has 16 heavy (non-hydrogen) atoms. The Morgan fingerprint density at radius 2 is 1.69 bits per heavy atom. The molecule has 0 aromatic rings. The van der Waals surface area contributed by atoms with Gasteiger partial charge in [-0.25, -0.2) is 4.57 Å². The summed E-state index contributed by atoms with van der Waals surface area (Å²) in [4.78, 5) is 31.0. The van der Waals surface area contributed by atoms with Crippen molar-refractivity contribution in [3.8, 4) is 0 Å². The van der Waals surface area contributed by atoms with Crippen molar-refractivity contribution in [2.75, 3.05) is 12.4 Å². The van der Waals surface area contributed by atoms with E-state index in [1.165, 1.54) is 11.4 Å². The van der Waals surface area contributed by atoms with Crippen molar-refractivity contribution < 1.29 is 28.7 Å². The summed E-state index contributed by atoms with van der Waals surface area (Å²) >= 11 is 6.25. The molecular weight excluding hydrogens is 294 g/mol. The topological polar surface area (TPSA) is 107 Å². The molecule has 0 saturated carbocycles. The van der Waals surface area contributed by atoms with Gasteiger partial charge in [0.1, 0.15) is 0 Å². The normalized spacial score (nSPS) is 14.9. The summed E-state index contributed by atoms with van der Waals surface area (Å²) in [5, 5.41) is 0. The maximum Gasteiger partial charge on any atom is 0.466 e. The summed E-state index contributed by atoms with van der Waals surface area (Å²) in [7, 11) is -4.64. The van der Waals surface area contributed by atoms with Crippen LogP contribution in [0.3, 0.4) is 0 Å². The van der Waals surface area contributed by atoms with Crippen molar-refractivity contribution >= 4 is 36.7 Å². The first-order valence-electron chi connectivity index (χ1n) is 4.52. The van der Waals surface area contributed by atoms with Crippen LogP contribution < -0.4 is 0 Å². The molecule has 0 bridgehead atoms. The Morgan fingerprint density at radius 3 is 2.00 bits per heavy atom. The monoisotopic (exact) mass is 312 g/mol. The summed E-state index contributed by atoms with van der Waals surface area (Å²) < 4.78 is 13.9. The molecule has 0 aliphatic rings. The Balaban J connectivity index is 0. The van der Waals surface area contributed by atoms with E-state index in [0.717, 1.165) is 18.6 Å². The van der Waals surface area contributed by atoms with Gasteiger partial charge in [-0.2, -0.15) is 0 Å². The van der Waals surface area contributed by atoms with Gasteiger partial charge in [0.05, 0.1) is 6.61 Å². The van der Waals surface area contributed by atoms with E-state index in [9.17, 15) is 4.89 Å². The molecule has 1 atom stereocenters. The molecule has 0 aromatic heterocycles. The van der Waals surface area contributed by atoms with Crippen molar-refractivity contribution in [1.29, 1.82) is 0 Å². The fourth-order valence-electron chi connectivity index (χ4n) is 0.525. The van der Waals surface area contributed by atoms with E-state index in [1.807, 2.05) is 6.92 Å². The molecular formula is C6H18O6P2S2. The van der Waals surface area contributed by atoms with Crippen LogP contribution in [0.15, 0.2) is 0 Å². The molecule has 0 fully saturated rings. The van der Waals surface area contributed by atoms with Crippen LogP contribution in [-0.4, -0.2) is 31.9 Å². The van der Waals surface area contributed by atoms with Gasteiger partial charge < -0.3 is 24.1 Å². The fraction of sp³-hybridized carbons (Fsp3) is 1.00. The standard InChI is InChI=1S/C6H15O2PS2.H3O4P/c1-3-5-6-11-9(7,10)8-4-2;1-5(2,3)4/h3-6H2,1-2H3,(H,7,10);(H3,1,2,3,4). The Labute approximate surface area is 105 Å². The predicted octanol–water partition coefficient (Wildman–Crippen LogP) is 1.84. The second-order valence-corrected chi connectivity index (χ2v) is 9.91. The zero-order valence-electron chi connectivity index (χ0n) is 9.14. The van der Waals surface area contributed by atoms with Gasteiger partial charge in [-0.15, -0.1) is 0 Å². The van der Waals surface area contributed by atoms with Crippen molar-refractivity contribution in [2.24, 2.45) is 0 Å². The van der Waals surface area contributed by atoms with Crippen molar-refractivity contribution in [2.45, 2.75) is 26.7 Å². The van der Waals surface area contributed by atoms with Gasteiger partial charge in [0, 0.05) is 5.75 Å².